The van der Waals surface area contributed by atoms with Gasteiger partial charge in [-0.3, -0.25) is 0 Å². The van der Waals surface area contributed by atoms with E-state index in [-0.39, 0.29) is 5.41 Å². The number of hydrogen-bond acceptors (Lipinski definition) is 3. The summed E-state index contributed by atoms with van der Waals surface area (Å²) in [6, 6.07) is 4.21. The van der Waals surface area contributed by atoms with Gasteiger partial charge in [0.05, 0.1) is 13.2 Å². The standard InChI is InChI=1S/C14H19NO2/c1-10-11(14(9-15)5-6-14)3-4-12-13(10)17-8-2-7-16-12/h3-4H,2,5-9,15H2,1H3. The van der Waals surface area contributed by atoms with Crippen LogP contribution in [0, 0.1) is 6.92 Å². The Morgan fingerprint density at radius 3 is 2.71 bits per heavy atom. The van der Waals surface area contributed by atoms with E-state index in [9.17, 15) is 0 Å². The lowest BCUT2D eigenvalue weighted by Gasteiger charge is -2.19. The summed E-state index contributed by atoms with van der Waals surface area (Å²) >= 11 is 0. The monoisotopic (exact) mass is 233 g/mol. The normalized spacial score (nSPS) is 20.8. The molecule has 0 spiro atoms. The molecule has 0 amide bonds. The molecule has 0 radical (unpaired) electrons. The summed E-state index contributed by atoms with van der Waals surface area (Å²) in [4.78, 5) is 0. The SMILES string of the molecule is Cc1c(C2(CN)CC2)ccc2c1OCCCO2. The molecule has 0 bridgehead atoms. The van der Waals surface area contributed by atoms with Gasteiger partial charge in [-0.2, -0.15) is 0 Å². The van der Waals surface area contributed by atoms with Gasteiger partial charge in [-0.05, 0) is 37.0 Å². The Balaban J connectivity index is 2.05. The number of benzene rings is 1. The smallest absolute Gasteiger partial charge is 0.164 e. The third-order valence-corrected chi connectivity index (χ3v) is 3.98. The fourth-order valence-corrected chi connectivity index (χ4v) is 2.68. The zero-order valence-electron chi connectivity index (χ0n) is 10.3. The molecule has 0 atom stereocenters. The minimum absolute atomic E-state index is 0.217. The molecule has 1 aliphatic carbocycles. The summed E-state index contributed by atoms with van der Waals surface area (Å²) in [6.07, 6.45) is 3.35. The van der Waals surface area contributed by atoms with Gasteiger partial charge in [-0.15, -0.1) is 0 Å². The molecule has 92 valence electrons. The minimum atomic E-state index is 0.217. The third-order valence-electron chi connectivity index (χ3n) is 3.98. The number of hydrogen-bond donors (Lipinski definition) is 1. The van der Waals surface area contributed by atoms with E-state index in [4.69, 9.17) is 15.2 Å². The second-order valence-electron chi connectivity index (χ2n) is 5.10. The molecule has 1 aliphatic heterocycles. The molecule has 2 N–H and O–H groups in total. The van der Waals surface area contributed by atoms with Gasteiger partial charge >= 0.3 is 0 Å². The Labute approximate surface area is 102 Å². The van der Waals surface area contributed by atoms with Crippen LogP contribution in [-0.2, 0) is 5.41 Å². The van der Waals surface area contributed by atoms with E-state index in [1.54, 1.807) is 0 Å². The molecule has 3 heteroatoms. The molecule has 0 aromatic heterocycles. The van der Waals surface area contributed by atoms with E-state index in [2.05, 4.69) is 13.0 Å². The third kappa shape index (κ3) is 1.69. The lowest BCUT2D eigenvalue weighted by Crippen LogP contribution is -2.21. The Morgan fingerprint density at radius 1 is 1.24 bits per heavy atom. The van der Waals surface area contributed by atoms with Crippen molar-refractivity contribution in [2.75, 3.05) is 19.8 Å². The Morgan fingerprint density at radius 2 is 2.00 bits per heavy atom. The van der Waals surface area contributed by atoms with Gasteiger partial charge in [0.25, 0.3) is 0 Å². The maximum absolute atomic E-state index is 5.90. The minimum Gasteiger partial charge on any atom is -0.490 e. The van der Waals surface area contributed by atoms with E-state index >= 15 is 0 Å². The zero-order valence-corrected chi connectivity index (χ0v) is 10.3. The van der Waals surface area contributed by atoms with Gasteiger partial charge in [0.2, 0.25) is 0 Å². The number of fused-ring (bicyclic) bond motifs is 1. The fraction of sp³-hybridized carbons (Fsp3) is 0.571. The summed E-state index contributed by atoms with van der Waals surface area (Å²) in [6.45, 7) is 4.34. The summed E-state index contributed by atoms with van der Waals surface area (Å²) in [5.41, 5.74) is 8.69. The van der Waals surface area contributed by atoms with Crippen molar-refractivity contribution in [1.82, 2.24) is 0 Å². The molecular formula is C14H19NO2. The van der Waals surface area contributed by atoms with Gasteiger partial charge in [0.15, 0.2) is 11.5 Å². The maximum atomic E-state index is 5.90. The van der Waals surface area contributed by atoms with Crippen molar-refractivity contribution in [1.29, 1.82) is 0 Å². The average Bonchev–Trinajstić information content (AvgIpc) is 3.13. The summed E-state index contributed by atoms with van der Waals surface area (Å²) in [5.74, 6) is 1.82. The Hall–Kier alpha value is -1.22. The second kappa shape index (κ2) is 3.91. The maximum Gasteiger partial charge on any atom is 0.164 e. The fourth-order valence-electron chi connectivity index (χ4n) is 2.68. The molecule has 3 nitrogen and oxygen atoms in total. The molecule has 3 rings (SSSR count). The number of rotatable bonds is 2. The second-order valence-corrected chi connectivity index (χ2v) is 5.10. The lowest BCUT2D eigenvalue weighted by molar-refractivity contribution is 0.296. The van der Waals surface area contributed by atoms with Crippen LogP contribution in [0.3, 0.4) is 0 Å². The molecule has 1 saturated carbocycles. The van der Waals surface area contributed by atoms with Gasteiger partial charge in [0.1, 0.15) is 0 Å². The molecule has 1 aromatic rings. The van der Waals surface area contributed by atoms with Gasteiger partial charge < -0.3 is 15.2 Å². The highest BCUT2D eigenvalue weighted by molar-refractivity contribution is 5.54. The van der Waals surface area contributed by atoms with E-state index in [1.165, 1.54) is 24.0 Å². The predicted octanol–water partition coefficient (Wildman–Crippen LogP) is 2.15. The first-order chi connectivity index (χ1) is 8.27. The van der Waals surface area contributed by atoms with Crippen LogP contribution < -0.4 is 15.2 Å². The highest BCUT2D eigenvalue weighted by atomic mass is 16.5. The van der Waals surface area contributed by atoms with Crippen LogP contribution >= 0.6 is 0 Å². The van der Waals surface area contributed by atoms with Crippen LogP contribution in [0.25, 0.3) is 0 Å². The van der Waals surface area contributed by atoms with Crippen molar-refractivity contribution in [2.24, 2.45) is 5.73 Å². The van der Waals surface area contributed by atoms with Crippen molar-refractivity contribution >= 4 is 0 Å². The highest BCUT2D eigenvalue weighted by Crippen LogP contribution is 2.51. The summed E-state index contributed by atoms with van der Waals surface area (Å²) in [5, 5.41) is 0. The highest BCUT2D eigenvalue weighted by Gasteiger charge is 2.44. The molecule has 0 unspecified atom stereocenters. The first-order valence-corrected chi connectivity index (χ1v) is 6.37. The Bertz CT molecular complexity index is 438. The van der Waals surface area contributed by atoms with E-state index < -0.39 is 0 Å². The molecule has 1 aromatic carbocycles. The van der Waals surface area contributed by atoms with Crippen LogP contribution in [0.5, 0.6) is 11.5 Å². The summed E-state index contributed by atoms with van der Waals surface area (Å²) in [7, 11) is 0. The topological polar surface area (TPSA) is 44.5 Å². The van der Waals surface area contributed by atoms with Crippen molar-refractivity contribution in [3.63, 3.8) is 0 Å². The lowest BCUT2D eigenvalue weighted by atomic mass is 9.91. The zero-order chi connectivity index (χ0) is 11.9. The quantitative estimate of drug-likeness (QED) is 0.851. The van der Waals surface area contributed by atoms with E-state index in [0.29, 0.717) is 0 Å². The van der Waals surface area contributed by atoms with Crippen LogP contribution in [0.2, 0.25) is 0 Å². The molecule has 2 aliphatic rings. The molecule has 1 fully saturated rings. The van der Waals surface area contributed by atoms with Gasteiger partial charge in [0, 0.05) is 18.4 Å². The van der Waals surface area contributed by atoms with E-state index in [0.717, 1.165) is 37.7 Å². The van der Waals surface area contributed by atoms with Crippen molar-refractivity contribution in [3.8, 4) is 11.5 Å². The van der Waals surface area contributed by atoms with Gasteiger partial charge in [-0.25, -0.2) is 0 Å². The number of nitrogens with two attached hydrogens (primary N) is 1. The molecule has 1 heterocycles. The number of ether oxygens (including phenoxy) is 2. The van der Waals surface area contributed by atoms with Crippen molar-refractivity contribution < 1.29 is 9.47 Å². The van der Waals surface area contributed by atoms with Crippen molar-refractivity contribution in [2.45, 2.75) is 31.6 Å². The molecular weight excluding hydrogens is 214 g/mol. The van der Waals surface area contributed by atoms with Crippen LogP contribution in [-0.4, -0.2) is 19.8 Å². The Kier molecular flexibility index (Phi) is 2.51. The predicted molar refractivity (Wildman–Crippen MR) is 66.8 cm³/mol. The summed E-state index contributed by atoms with van der Waals surface area (Å²) < 4.78 is 11.5. The van der Waals surface area contributed by atoms with Crippen LogP contribution in [0.15, 0.2) is 12.1 Å². The van der Waals surface area contributed by atoms with E-state index in [1.807, 2.05) is 6.07 Å². The van der Waals surface area contributed by atoms with Crippen LogP contribution in [0.4, 0.5) is 0 Å². The first-order valence-electron chi connectivity index (χ1n) is 6.37. The first kappa shape index (κ1) is 10.9. The molecule has 0 saturated heterocycles. The van der Waals surface area contributed by atoms with Crippen LogP contribution in [0.1, 0.15) is 30.4 Å². The average molecular weight is 233 g/mol. The molecule has 17 heavy (non-hydrogen) atoms. The largest absolute Gasteiger partial charge is 0.490 e. The van der Waals surface area contributed by atoms with Crippen molar-refractivity contribution in [3.05, 3.63) is 23.3 Å². The van der Waals surface area contributed by atoms with Gasteiger partial charge in [-0.1, -0.05) is 6.07 Å².